The third-order valence-corrected chi connectivity index (χ3v) is 3.27. The average molecular weight is 246 g/mol. The molecule has 0 saturated carbocycles. The highest BCUT2D eigenvalue weighted by atomic mass is 35.5. The van der Waals surface area contributed by atoms with Gasteiger partial charge in [0.25, 0.3) is 0 Å². The minimum absolute atomic E-state index is 0.00880. The molecule has 0 bridgehead atoms. The molecular formula is C15H16ClN. The van der Waals surface area contributed by atoms with Crippen LogP contribution in [0.5, 0.6) is 0 Å². The maximum atomic E-state index is 6.46. The first-order chi connectivity index (χ1) is 8.16. The van der Waals surface area contributed by atoms with Gasteiger partial charge in [0.15, 0.2) is 0 Å². The zero-order chi connectivity index (χ0) is 12.3. The Morgan fingerprint density at radius 2 is 2.00 bits per heavy atom. The first-order valence-electron chi connectivity index (χ1n) is 5.78. The van der Waals surface area contributed by atoms with Crippen LogP contribution in [0.3, 0.4) is 0 Å². The molecule has 0 N–H and O–H groups in total. The van der Waals surface area contributed by atoms with E-state index in [1.807, 2.05) is 18.2 Å². The van der Waals surface area contributed by atoms with Crippen LogP contribution < -0.4 is 0 Å². The van der Waals surface area contributed by atoms with Crippen LogP contribution in [-0.2, 0) is 6.42 Å². The standard InChI is InChI=1S/C15H16ClN/c1-11-6-7-14(12(2)9-11)15(16)10-13-5-3-4-8-17-13/h3-9,15H,10H2,1-2H3. The Morgan fingerprint density at radius 3 is 2.65 bits per heavy atom. The molecule has 1 atom stereocenters. The first kappa shape index (κ1) is 12.1. The maximum Gasteiger partial charge on any atom is 0.0643 e. The summed E-state index contributed by atoms with van der Waals surface area (Å²) in [6, 6.07) is 12.3. The van der Waals surface area contributed by atoms with Gasteiger partial charge in [0.1, 0.15) is 0 Å². The number of aromatic nitrogens is 1. The normalized spacial score (nSPS) is 12.4. The van der Waals surface area contributed by atoms with Gasteiger partial charge in [-0.05, 0) is 37.1 Å². The number of pyridine rings is 1. The van der Waals surface area contributed by atoms with Crippen molar-refractivity contribution < 1.29 is 0 Å². The van der Waals surface area contributed by atoms with E-state index in [9.17, 15) is 0 Å². The summed E-state index contributed by atoms with van der Waals surface area (Å²) in [4.78, 5) is 4.31. The fraction of sp³-hybridized carbons (Fsp3) is 0.267. The van der Waals surface area contributed by atoms with E-state index < -0.39 is 0 Å². The minimum atomic E-state index is -0.00880. The van der Waals surface area contributed by atoms with Crippen LogP contribution in [0.25, 0.3) is 0 Å². The van der Waals surface area contributed by atoms with Crippen LogP contribution in [-0.4, -0.2) is 4.98 Å². The number of rotatable bonds is 3. The third kappa shape index (κ3) is 3.07. The lowest BCUT2D eigenvalue weighted by Gasteiger charge is -2.13. The summed E-state index contributed by atoms with van der Waals surface area (Å²) in [7, 11) is 0. The molecule has 0 fully saturated rings. The van der Waals surface area contributed by atoms with Crippen LogP contribution >= 0.6 is 11.6 Å². The highest BCUT2D eigenvalue weighted by Gasteiger charge is 2.11. The van der Waals surface area contributed by atoms with Crippen molar-refractivity contribution in [2.24, 2.45) is 0 Å². The van der Waals surface area contributed by atoms with Crippen molar-refractivity contribution >= 4 is 11.6 Å². The predicted molar refractivity (Wildman–Crippen MR) is 72.5 cm³/mol. The fourth-order valence-electron chi connectivity index (χ4n) is 1.99. The van der Waals surface area contributed by atoms with Crippen molar-refractivity contribution in [2.45, 2.75) is 25.6 Å². The Kier molecular flexibility index (Phi) is 3.80. The van der Waals surface area contributed by atoms with Crippen molar-refractivity contribution in [1.29, 1.82) is 0 Å². The van der Waals surface area contributed by atoms with E-state index in [1.54, 1.807) is 6.20 Å². The Balaban J connectivity index is 2.17. The van der Waals surface area contributed by atoms with Gasteiger partial charge in [0, 0.05) is 18.3 Å². The summed E-state index contributed by atoms with van der Waals surface area (Å²) in [5, 5.41) is -0.00880. The monoisotopic (exact) mass is 245 g/mol. The van der Waals surface area contributed by atoms with E-state index in [4.69, 9.17) is 11.6 Å². The molecule has 2 heteroatoms. The van der Waals surface area contributed by atoms with Gasteiger partial charge in [-0.2, -0.15) is 0 Å². The molecule has 17 heavy (non-hydrogen) atoms. The lowest BCUT2D eigenvalue weighted by molar-refractivity contribution is 0.873. The molecule has 88 valence electrons. The van der Waals surface area contributed by atoms with Crippen molar-refractivity contribution in [2.75, 3.05) is 0 Å². The number of alkyl halides is 1. The lowest BCUT2D eigenvalue weighted by atomic mass is 10.0. The molecule has 1 heterocycles. The highest BCUT2D eigenvalue weighted by molar-refractivity contribution is 6.21. The number of benzene rings is 1. The number of hydrogen-bond acceptors (Lipinski definition) is 1. The molecular weight excluding hydrogens is 230 g/mol. The van der Waals surface area contributed by atoms with E-state index in [0.29, 0.717) is 0 Å². The SMILES string of the molecule is Cc1ccc(C(Cl)Cc2ccccn2)c(C)c1. The first-order valence-corrected chi connectivity index (χ1v) is 6.21. The Bertz CT molecular complexity index is 494. The Morgan fingerprint density at radius 1 is 1.18 bits per heavy atom. The molecule has 0 aliphatic carbocycles. The molecule has 0 aliphatic heterocycles. The average Bonchev–Trinajstić information content (AvgIpc) is 2.30. The van der Waals surface area contributed by atoms with Gasteiger partial charge < -0.3 is 0 Å². The Labute approximate surface area is 107 Å². The zero-order valence-corrected chi connectivity index (χ0v) is 10.9. The topological polar surface area (TPSA) is 12.9 Å². The molecule has 0 radical (unpaired) electrons. The molecule has 0 amide bonds. The van der Waals surface area contributed by atoms with Crippen molar-refractivity contribution in [3.8, 4) is 0 Å². The van der Waals surface area contributed by atoms with E-state index >= 15 is 0 Å². The second-order valence-corrected chi connectivity index (χ2v) is 4.88. The van der Waals surface area contributed by atoms with Crippen molar-refractivity contribution in [3.63, 3.8) is 0 Å². The second kappa shape index (κ2) is 5.33. The lowest BCUT2D eigenvalue weighted by Crippen LogP contribution is -2.00. The zero-order valence-electron chi connectivity index (χ0n) is 10.2. The third-order valence-electron chi connectivity index (χ3n) is 2.88. The number of nitrogens with zero attached hydrogens (tertiary/aromatic N) is 1. The van der Waals surface area contributed by atoms with Crippen molar-refractivity contribution in [1.82, 2.24) is 4.98 Å². The molecule has 2 aromatic rings. The van der Waals surface area contributed by atoms with Gasteiger partial charge in [-0.1, -0.05) is 29.8 Å². The minimum Gasteiger partial charge on any atom is -0.261 e. The Hall–Kier alpha value is -1.34. The smallest absolute Gasteiger partial charge is 0.0643 e. The summed E-state index contributed by atoms with van der Waals surface area (Å²) >= 11 is 6.46. The van der Waals surface area contributed by atoms with Gasteiger partial charge in [-0.3, -0.25) is 4.98 Å². The van der Waals surface area contributed by atoms with Crippen LogP contribution in [0.15, 0.2) is 42.6 Å². The number of halogens is 1. The highest BCUT2D eigenvalue weighted by Crippen LogP contribution is 2.27. The summed E-state index contributed by atoms with van der Waals surface area (Å²) in [6.45, 7) is 4.20. The van der Waals surface area contributed by atoms with Crippen LogP contribution in [0.2, 0.25) is 0 Å². The van der Waals surface area contributed by atoms with Gasteiger partial charge in [-0.25, -0.2) is 0 Å². The predicted octanol–water partition coefficient (Wildman–Crippen LogP) is 4.22. The van der Waals surface area contributed by atoms with Crippen LogP contribution in [0.4, 0.5) is 0 Å². The molecule has 1 aromatic heterocycles. The van der Waals surface area contributed by atoms with E-state index in [-0.39, 0.29) is 5.38 Å². The molecule has 2 rings (SSSR count). The molecule has 1 unspecified atom stereocenters. The molecule has 0 saturated heterocycles. The summed E-state index contributed by atoms with van der Waals surface area (Å²) < 4.78 is 0. The van der Waals surface area contributed by atoms with Gasteiger partial charge in [-0.15, -0.1) is 11.6 Å². The van der Waals surface area contributed by atoms with Crippen LogP contribution in [0.1, 0.15) is 27.8 Å². The summed E-state index contributed by atoms with van der Waals surface area (Å²) in [5.41, 5.74) is 4.75. The van der Waals surface area contributed by atoms with Gasteiger partial charge >= 0.3 is 0 Å². The molecule has 1 aromatic carbocycles. The van der Waals surface area contributed by atoms with Gasteiger partial charge in [0.2, 0.25) is 0 Å². The fourth-order valence-corrected chi connectivity index (χ4v) is 2.39. The van der Waals surface area contributed by atoms with Gasteiger partial charge in [0.05, 0.1) is 5.38 Å². The van der Waals surface area contributed by atoms with E-state index in [1.165, 1.54) is 16.7 Å². The van der Waals surface area contributed by atoms with E-state index in [2.05, 4.69) is 37.0 Å². The van der Waals surface area contributed by atoms with E-state index in [0.717, 1.165) is 12.1 Å². The van der Waals surface area contributed by atoms with Crippen LogP contribution in [0, 0.1) is 13.8 Å². The van der Waals surface area contributed by atoms with Crippen molar-refractivity contribution in [3.05, 3.63) is 65.0 Å². The number of hydrogen-bond donors (Lipinski definition) is 0. The largest absolute Gasteiger partial charge is 0.261 e. The second-order valence-electron chi connectivity index (χ2n) is 4.35. The maximum absolute atomic E-state index is 6.46. The summed E-state index contributed by atoms with van der Waals surface area (Å²) in [6.07, 6.45) is 2.58. The number of aryl methyl sites for hydroxylation is 2. The molecule has 1 nitrogen and oxygen atoms in total. The molecule has 0 aliphatic rings. The quantitative estimate of drug-likeness (QED) is 0.738. The molecule has 0 spiro atoms. The summed E-state index contributed by atoms with van der Waals surface area (Å²) in [5.74, 6) is 0.